The molecular formula is C46H30N2O. The van der Waals surface area contributed by atoms with Gasteiger partial charge in [-0.25, -0.2) is 0 Å². The summed E-state index contributed by atoms with van der Waals surface area (Å²) in [6.45, 7) is 0. The van der Waals surface area contributed by atoms with Gasteiger partial charge < -0.3 is 13.9 Å². The van der Waals surface area contributed by atoms with Gasteiger partial charge in [-0.05, 0) is 107 Å². The molecule has 2 heterocycles. The van der Waals surface area contributed by atoms with E-state index in [0.717, 1.165) is 15.9 Å². The lowest BCUT2D eigenvalue weighted by Gasteiger charge is -2.25. The Morgan fingerprint density at radius 3 is 1.92 bits per heavy atom. The van der Waals surface area contributed by atoms with Gasteiger partial charge in [0.1, 0.15) is 11.2 Å². The van der Waals surface area contributed by atoms with Crippen molar-refractivity contribution in [3.63, 3.8) is 0 Å². The number of para-hydroxylation sites is 4. The third kappa shape index (κ3) is 4.44. The van der Waals surface area contributed by atoms with Crippen LogP contribution in [0.25, 0.3) is 71.3 Å². The molecule has 0 atom stereocenters. The molecule has 10 rings (SSSR count). The Hall–Kier alpha value is -6.58. The van der Waals surface area contributed by atoms with Crippen LogP contribution in [0.15, 0.2) is 186 Å². The number of nitrogens with zero attached hydrogens (tertiary/aromatic N) is 2. The monoisotopic (exact) mass is 644 g/mol. The zero-order valence-corrected chi connectivity index (χ0v) is 25.2. The third-order valence-corrected chi connectivity index (χ3v) is 8.35. The first-order chi connectivity index (χ1) is 31.8. The van der Waals surface area contributed by atoms with Crippen LogP contribution in [0.4, 0.5) is 17.1 Å². The lowest BCUT2D eigenvalue weighted by Crippen LogP contribution is -2.09. The molecule has 0 unspecified atom stereocenters. The second-order valence-electron chi connectivity index (χ2n) is 11.2. The zero-order chi connectivity index (χ0) is 48.0. The van der Waals surface area contributed by atoms with E-state index in [4.69, 9.17) is 19.5 Å². The second kappa shape index (κ2) is 11.0. The molecule has 49 heavy (non-hydrogen) atoms. The lowest BCUT2D eigenvalue weighted by molar-refractivity contribution is 0.669. The largest absolute Gasteiger partial charge is 0.456 e. The third-order valence-electron chi connectivity index (χ3n) is 8.35. The Kier molecular flexibility index (Phi) is 3.39. The van der Waals surface area contributed by atoms with Crippen LogP contribution >= 0.6 is 0 Å². The van der Waals surface area contributed by atoms with Crippen molar-refractivity contribution in [3.8, 4) is 16.8 Å². The number of benzene rings is 8. The molecule has 0 radical (unpaired) electrons. The predicted octanol–water partition coefficient (Wildman–Crippen LogP) is 13.0. The van der Waals surface area contributed by atoms with Gasteiger partial charge >= 0.3 is 0 Å². The molecule has 2 aromatic heterocycles. The molecule has 230 valence electrons. The van der Waals surface area contributed by atoms with Crippen LogP contribution < -0.4 is 4.90 Å². The molecule has 0 saturated carbocycles. The molecule has 0 aliphatic carbocycles. The van der Waals surface area contributed by atoms with Crippen molar-refractivity contribution in [2.75, 3.05) is 4.90 Å². The molecule has 0 aliphatic rings. The maximum atomic E-state index is 9.75. The summed E-state index contributed by atoms with van der Waals surface area (Å²) in [5.41, 5.74) is -1.37. The molecular weight excluding hydrogens is 597 g/mol. The van der Waals surface area contributed by atoms with E-state index in [1.165, 1.54) is 0 Å². The minimum Gasteiger partial charge on any atom is -0.456 e. The van der Waals surface area contributed by atoms with Crippen LogP contribution in [0, 0.1) is 0 Å². The highest BCUT2D eigenvalue weighted by Gasteiger charge is 2.17. The summed E-state index contributed by atoms with van der Waals surface area (Å²) in [5, 5.41) is -0.856. The summed E-state index contributed by atoms with van der Waals surface area (Å²) >= 11 is 0. The van der Waals surface area contributed by atoms with E-state index in [1.807, 2.05) is 65.6 Å². The van der Waals surface area contributed by atoms with Crippen LogP contribution in [-0.4, -0.2) is 4.57 Å². The molecule has 0 saturated heterocycles. The summed E-state index contributed by atoms with van der Waals surface area (Å²) in [5.74, 6) is 0. The van der Waals surface area contributed by atoms with Gasteiger partial charge in [-0.3, -0.25) is 0 Å². The average molecular weight is 645 g/mol. The second-order valence-corrected chi connectivity index (χ2v) is 11.2. The fraction of sp³-hybridized carbons (Fsp3) is 0. The topological polar surface area (TPSA) is 21.3 Å². The van der Waals surface area contributed by atoms with E-state index in [0.29, 0.717) is 5.69 Å². The van der Waals surface area contributed by atoms with Gasteiger partial charge in [0.2, 0.25) is 0 Å². The summed E-state index contributed by atoms with van der Waals surface area (Å²) < 4.78 is 169. The minimum atomic E-state index is -0.829. The maximum Gasteiger partial charge on any atom is 0.136 e. The van der Waals surface area contributed by atoms with E-state index in [-0.39, 0.29) is 44.8 Å². The molecule has 0 amide bonds. The van der Waals surface area contributed by atoms with Crippen molar-refractivity contribution in [2.24, 2.45) is 0 Å². The molecule has 0 aliphatic heterocycles. The van der Waals surface area contributed by atoms with Crippen LogP contribution in [0.1, 0.15) is 24.7 Å². The number of aromatic nitrogens is 1. The number of anilines is 3. The minimum absolute atomic E-state index is 0.0228. The predicted molar refractivity (Wildman–Crippen MR) is 206 cm³/mol. The Labute approximate surface area is 308 Å². The van der Waals surface area contributed by atoms with Gasteiger partial charge in [0, 0.05) is 44.3 Å². The molecule has 10 aromatic rings. The number of furan rings is 1. The summed E-state index contributed by atoms with van der Waals surface area (Å²) in [4.78, 5) is 1.87. The normalized spacial score (nSPS) is 16.8. The van der Waals surface area contributed by atoms with Crippen molar-refractivity contribution in [1.82, 2.24) is 4.57 Å². The van der Waals surface area contributed by atoms with E-state index < -0.39 is 135 Å². The van der Waals surface area contributed by atoms with Crippen molar-refractivity contribution in [1.29, 1.82) is 0 Å². The Morgan fingerprint density at radius 1 is 0.490 bits per heavy atom. The SMILES string of the molecule is [2H]c1c([2H])c([2H])c(-n2c3c([2H])c([2H])c([2H])c([2H])c3c3c([2H])c(-c4c([2H])c([2H])c5oc6c([2H])c([2H])c7cc(N(c8ccccc8)c8ccccc8)cc([2H])c7c6c5c4[2H])c([2H])c([2H])c32)c([2H])c1[2H]. The van der Waals surface area contributed by atoms with Crippen molar-refractivity contribution in [2.45, 2.75) is 0 Å². The first-order valence-corrected chi connectivity index (χ1v) is 15.2. The highest BCUT2D eigenvalue weighted by molar-refractivity contribution is 6.20. The van der Waals surface area contributed by atoms with Gasteiger partial charge in [-0.1, -0.05) is 96.8 Å². The Morgan fingerprint density at radius 2 is 1.14 bits per heavy atom. The molecule has 8 aromatic carbocycles. The smallest absolute Gasteiger partial charge is 0.136 e. The number of hydrogen-bond acceptors (Lipinski definition) is 2. The van der Waals surface area contributed by atoms with Crippen molar-refractivity contribution in [3.05, 3.63) is 182 Å². The summed E-state index contributed by atoms with van der Waals surface area (Å²) in [6, 6.07) is 9.49. The Bertz CT molecular complexity index is 3780. The standard InChI is InChI=1S/C46H30N2O/c1-4-12-34(13-5-1)47(35-14-6-2-7-15-35)37-23-24-38-33(28-37)22-27-45-46(38)41-30-32(21-26-44(41)49-45)31-20-25-43-40(29-31)39-18-10-11-19-42(39)48(43)36-16-8-3-9-17-36/h1-30H/i3D,8D,9D,10D,11D,16D,17D,18D,19D,20D,21D,22D,24D,25D,26D,27D,29D,30D. The average Bonchev–Trinajstić information content (AvgIpc) is 3.89. The van der Waals surface area contributed by atoms with Crippen LogP contribution in [0.5, 0.6) is 0 Å². The molecule has 0 N–H and O–H groups in total. The zero-order valence-electron chi connectivity index (χ0n) is 43.2. The highest BCUT2D eigenvalue weighted by Crippen LogP contribution is 2.41. The number of hydrogen-bond donors (Lipinski definition) is 0. The summed E-state index contributed by atoms with van der Waals surface area (Å²) in [6.07, 6.45) is 0. The van der Waals surface area contributed by atoms with Gasteiger partial charge in [0.15, 0.2) is 0 Å². The van der Waals surface area contributed by atoms with Crippen LogP contribution in [0.2, 0.25) is 0 Å². The quantitative estimate of drug-likeness (QED) is 0.186. The Balaban J connectivity index is 1.33. The van der Waals surface area contributed by atoms with Crippen LogP contribution in [0.3, 0.4) is 0 Å². The lowest BCUT2D eigenvalue weighted by atomic mass is 9.98. The van der Waals surface area contributed by atoms with Crippen LogP contribution in [-0.2, 0) is 0 Å². The molecule has 3 nitrogen and oxygen atoms in total. The molecule has 0 bridgehead atoms. The van der Waals surface area contributed by atoms with E-state index in [9.17, 15) is 9.60 Å². The summed E-state index contributed by atoms with van der Waals surface area (Å²) in [7, 11) is 0. The molecule has 3 heteroatoms. The van der Waals surface area contributed by atoms with Crippen molar-refractivity contribution < 1.29 is 29.1 Å². The van der Waals surface area contributed by atoms with E-state index >= 15 is 0 Å². The fourth-order valence-electron chi connectivity index (χ4n) is 6.23. The van der Waals surface area contributed by atoms with E-state index in [1.54, 1.807) is 12.1 Å². The van der Waals surface area contributed by atoms with Gasteiger partial charge in [-0.15, -0.1) is 0 Å². The van der Waals surface area contributed by atoms with Gasteiger partial charge in [0.05, 0.1) is 35.7 Å². The maximum absolute atomic E-state index is 9.75. The fourth-order valence-corrected chi connectivity index (χ4v) is 6.23. The number of fused-ring (bicyclic) bond motifs is 8. The van der Waals surface area contributed by atoms with Gasteiger partial charge in [-0.2, -0.15) is 0 Å². The first kappa shape index (κ1) is 15.1. The molecule has 0 fully saturated rings. The first-order valence-electron chi connectivity index (χ1n) is 24.2. The van der Waals surface area contributed by atoms with E-state index in [2.05, 4.69) is 0 Å². The van der Waals surface area contributed by atoms with Gasteiger partial charge in [0.25, 0.3) is 0 Å². The highest BCUT2D eigenvalue weighted by atomic mass is 16.3. The number of rotatable bonds is 5. The van der Waals surface area contributed by atoms with Crippen molar-refractivity contribution >= 4 is 71.6 Å². The molecule has 0 spiro atoms.